The molecule has 0 aromatic heterocycles. The summed E-state index contributed by atoms with van der Waals surface area (Å²) in [7, 11) is 0. The first-order chi connectivity index (χ1) is 19.3. The molecule has 2 aliphatic rings. The standard InChI is InChI=1S/C33H60O7/c1-3-4-5-7-13-18-29(35)30(36)19-14-10-15-20-31(37)32-22-21-28(40-32)17-12-9-6-8-11-16-27(34)24-26-23-25(2)39-33(26)38/h23,25,27-32,34-37H,3-22,24H2,1-2H3/t25-,27+,28-,29+,30-,31-,32-/m0/s1. The quantitative estimate of drug-likeness (QED) is 0.0800. The van der Waals surface area contributed by atoms with E-state index < -0.39 is 24.4 Å². The molecule has 40 heavy (non-hydrogen) atoms. The van der Waals surface area contributed by atoms with E-state index in [0.717, 1.165) is 89.9 Å². The lowest BCUT2D eigenvalue weighted by molar-refractivity contribution is -0.139. The molecule has 0 saturated carbocycles. The number of hydrogen-bond acceptors (Lipinski definition) is 7. The normalized spacial score (nSPS) is 24.1. The van der Waals surface area contributed by atoms with Crippen molar-refractivity contribution in [3.63, 3.8) is 0 Å². The fourth-order valence-corrected chi connectivity index (χ4v) is 6.06. The molecule has 2 heterocycles. The number of rotatable bonds is 24. The van der Waals surface area contributed by atoms with Crippen LogP contribution in [0.2, 0.25) is 0 Å². The number of hydrogen-bond donors (Lipinski definition) is 4. The van der Waals surface area contributed by atoms with Gasteiger partial charge in [-0.25, -0.2) is 4.79 Å². The van der Waals surface area contributed by atoms with Crippen molar-refractivity contribution in [1.29, 1.82) is 0 Å². The lowest BCUT2D eigenvalue weighted by Crippen LogP contribution is -2.26. The van der Waals surface area contributed by atoms with E-state index in [-0.39, 0.29) is 24.3 Å². The molecule has 1 saturated heterocycles. The topological polar surface area (TPSA) is 116 Å². The third-order valence-electron chi connectivity index (χ3n) is 8.63. The van der Waals surface area contributed by atoms with Gasteiger partial charge in [0.1, 0.15) is 6.10 Å². The van der Waals surface area contributed by atoms with Crippen LogP contribution in [0.25, 0.3) is 0 Å². The Morgan fingerprint density at radius 2 is 1.35 bits per heavy atom. The Balaban J connectivity index is 1.41. The highest BCUT2D eigenvalue weighted by Crippen LogP contribution is 2.28. The van der Waals surface area contributed by atoms with Gasteiger partial charge in [0, 0.05) is 12.0 Å². The summed E-state index contributed by atoms with van der Waals surface area (Å²) in [6.45, 7) is 4.02. The molecular formula is C33H60O7. The predicted octanol–water partition coefficient (Wildman–Crippen LogP) is 6.28. The van der Waals surface area contributed by atoms with Crippen molar-refractivity contribution in [2.75, 3.05) is 0 Å². The average Bonchev–Trinajstić information content (AvgIpc) is 3.52. The van der Waals surface area contributed by atoms with Gasteiger partial charge < -0.3 is 29.9 Å². The van der Waals surface area contributed by atoms with E-state index in [9.17, 15) is 25.2 Å². The van der Waals surface area contributed by atoms with Crippen molar-refractivity contribution in [1.82, 2.24) is 0 Å². The van der Waals surface area contributed by atoms with Gasteiger partial charge in [0.05, 0.1) is 36.6 Å². The fourth-order valence-electron chi connectivity index (χ4n) is 6.06. The Morgan fingerprint density at radius 3 is 2.00 bits per heavy atom. The minimum absolute atomic E-state index is 0.0538. The first kappa shape index (κ1) is 35.2. The van der Waals surface area contributed by atoms with E-state index in [1.807, 2.05) is 6.92 Å². The molecule has 7 heteroatoms. The molecule has 234 valence electrons. The number of aliphatic hydroxyl groups excluding tert-OH is 4. The van der Waals surface area contributed by atoms with E-state index in [0.29, 0.717) is 31.3 Å². The highest BCUT2D eigenvalue weighted by Gasteiger charge is 2.30. The van der Waals surface area contributed by atoms with Crippen LogP contribution in [-0.4, -0.2) is 69.1 Å². The molecule has 0 aromatic carbocycles. The first-order valence-corrected chi connectivity index (χ1v) is 16.6. The molecule has 2 rings (SSSR count). The fraction of sp³-hybridized carbons (Fsp3) is 0.909. The summed E-state index contributed by atoms with van der Waals surface area (Å²) in [6, 6.07) is 0. The van der Waals surface area contributed by atoms with Gasteiger partial charge in [-0.2, -0.15) is 0 Å². The summed E-state index contributed by atoms with van der Waals surface area (Å²) >= 11 is 0. The second kappa shape index (κ2) is 20.8. The Kier molecular flexibility index (Phi) is 18.3. The number of cyclic esters (lactones) is 1. The lowest BCUT2D eigenvalue weighted by Gasteiger charge is -2.20. The summed E-state index contributed by atoms with van der Waals surface area (Å²) in [5, 5.41) is 41.1. The van der Waals surface area contributed by atoms with Crippen molar-refractivity contribution < 1.29 is 34.7 Å². The number of carbonyl (C=O) groups excluding carboxylic acids is 1. The predicted molar refractivity (Wildman–Crippen MR) is 159 cm³/mol. The molecule has 7 nitrogen and oxygen atoms in total. The molecule has 0 bridgehead atoms. The summed E-state index contributed by atoms with van der Waals surface area (Å²) in [5.41, 5.74) is 0.606. The minimum Gasteiger partial charge on any atom is -0.455 e. The van der Waals surface area contributed by atoms with Gasteiger partial charge in [-0.15, -0.1) is 0 Å². The van der Waals surface area contributed by atoms with Gasteiger partial charge in [0.15, 0.2) is 0 Å². The maximum Gasteiger partial charge on any atom is 0.334 e. The highest BCUT2D eigenvalue weighted by molar-refractivity contribution is 5.90. The molecule has 0 unspecified atom stereocenters. The van der Waals surface area contributed by atoms with E-state index >= 15 is 0 Å². The number of esters is 1. The molecule has 0 amide bonds. The lowest BCUT2D eigenvalue weighted by atomic mass is 9.98. The van der Waals surface area contributed by atoms with E-state index in [1.165, 1.54) is 19.3 Å². The molecule has 2 aliphatic heterocycles. The maximum absolute atomic E-state index is 11.6. The van der Waals surface area contributed by atoms with Gasteiger partial charge in [-0.3, -0.25) is 0 Å². The van der Waals surface area contributed by atoms with Crippen LogP contribution < -0.4 is 0 Å². The van der Waals surface area contributed by atoms with Crippen LogP contribution >= 0.6 is 0 Å². The average molecular weight is 569 g/mol. The number of carbonyl (C=O) groups is 1. The van der Waals surface area contributed by atoms with Gasteiger partial charge in [0.2, 0.25) is 0 Å². The maximum atomic E-state index is 11.6. The first-order valence-electron chi connectivity index (χ1n) is 16.6. The Bertz CT molecular complexity index is 696. The van der Waals surface area contributed by atoms with E-state index in [1.54, 1.807) is 6.08 Å². The summed E-state index contributed by atoms with van der Waals surface area (Å²) in [6.07, 6.45) is 19.8. The van der Waals surface area contributed by atoms with Crippen LogP contribution in [0.4, 0.5) is 0 Å². The van der Waals surface area contributed by atoms with Crippen molar-refractivity contribution in [3.05, 3.63) is 11.6 Å². The zero-order chi connectivity index (χ0) is 29.2. The molecule has 0 spiro atoms. The van der Waals surface area contributed by atoms with Crippen molar-refractivity contribution in [2.24, 2.45) is 0 Å². The molecule has 1 fully saturated rings. The van der Waals surface area contributed by atoms with Gasteiger partial charge >= 0.3 is 5.97 Å². The number of aliphatic hydroxyl groups is 4. The number of unbranched alkanes of at least 4 members (excludes halogenated alkanes) is 10. The minimum atomic E-state index is -0.632. The Labute approximate surface area is 243 Å². The van der Waals surface area contributed by atoms with Crippen molar-refractivity contribution in [2.45, 2.75) is 191 Å². The van der Waals surface area contributed by atoms with Crippen LogP contribution in [0, 0.1) is 0 Å². The van der Waals surface area contributed by atoms with Crippen LogP contribution in [0.1, 0.15) is 149 Å². The van der Waals surface area contributed by atoms with Crippen LogP contribution in [0.15, 0.2) is 11.6 Å². The van der Waals surface area contributed by atoms with Crippen molar-refractivity contribution in [3.8, 4) is 0 Å². The second-order valence-corrected chi connectivity index (χ2v) is 12.4. The van der Waals surface area contributed by atoms with Crippen LogP contribution in [0.3, 0.4) is 0 Å². The monoisotopic (exact) mass is 568 g/mol. The highest BCUT2D eigenvalue weighted by atomic mass is 16.5. The summed E-state index contributed by atoms with van der Waals surface area (Å²) in [4.78, 5) is 11.6. The third kappa shape index (κ3) is 14.8. The van der Waals surface area contributed by atoms with Gasteiger partial charge in [-0.05, 0) is 57.9 Å². The molecule has 7 atom stereocenters. The Hall–Kier alpha value is -0.990. The van der Waals surface area contributed by atoms with Crippen LogP contribution in [-0.2, 0) is 14.3 Å². The molecular weight excluding hydrogens is 508 g/mol. The second-order valence-electron chi connectivity index (χ2n) is 12.4. The zero-order valence-corrected chi connectivity index (χ0v) is 25.5. The smallest absolute Gasteiger partial charge is 0.334 e. The SMILES string of the molecule is CCCCCCC[C@@H](O)[C@@H](O)CCCCC[C@H](O)[C@@H]1CC[C@H](CCCCCCC[C@@H](O)CC2=C[C@H](C)OC2=O)O1. The van der Waals surface area contributed by atoms with E-state index in [2.05, 4.69) is 6.92 Å². The molecule has 0 aromatic rings. The van der Waals surface area contributed by atoms with E-state index in [4.69, 9.17) is 9.47 Å². The van der Waals surface area contributed by atoms with Crippen LogP contribution in [0.5, 0.6) is 0 Å². The summed E-state index contributed by atoms with van der Waals surface area (Å²) in [5.74, 6) is -0.290. The van der Waals surface area contributed by atoms with Crippen molar-refractivity contribution >= 4 is 5.97 Å². The Morgan fingerprint density at radius 1 is 0.775 bits per heavy atom. The number of ether oxygens (including phenoxy) is 2. The largest absolute Gasteiger partial charge is 0.455 e. The zero-order valence-electron chi connectivity index (χ0n) is 25.5. The van der Waals surface area contributed by atoms with Gasteiger partial charge in [-0.1, -0.05) is 90.4 Å². The third-order valence-corrected chi connectivity index (χ3v) is 8.63. The molecule has 0 radical (unpaired) electrons. The molecule has 4 N–H and O–H groups in total. The van der Waals surface area contributed by atoms with Gasteiger partial charge in [0.25, 0.3) is 0 Å². The summed E-state index contributed by atoms with van der Waals surface area (Å²) < 4.78 is 11.2. The molecule has 0 aliphatic carbocycles.